The second-order valence-electron chi connectivity index (χ2n) is 5.33. The lowest BCUT2D eigenvalue weighted by Gasteiger charge is -2.10. The van der Waals surface area contributed by atoms with Crippen LogP contribution in [-0.4, -0.2) is 43.9 Å². The second kappa shape index (κ2) is 8.80. The Morgan fingerprint density at radius 1 is 1.32 bits per heavy atom. The summed E-state index contributed by atoms with van der Waals surface area (Å²) in [7, 11) is 1.41. The predicted molar refractivity (Wildman–Crippen MR) is 106 cm³/mol. The molecular weight excluding hydrogens is 452 g/mol. The first kappa shape index (κ1) is 19.8. The third-order valence-electron chi connectivity index (χ3n) is 3.51. The van der Waals surface area contributed by atoms with Crippen LogP contribution in [0.3, 0.4) is 0 Å². The number of thioether (sulfide) groups is 1. The molecule has 144 valence electrons. The Hall–Kier alpha value is -2.99. The summed E-state index contributed by atoms with van der Waals surface area (Å²) in [5.41, 5.74) is 0.814. The van der Waals surface area contributed by atoms with Crippen molar-refractivity contribution in [1.82, 2.24) is 20.2 Å². The first-order chi connectivity index (χ1) is 13.5. The SMILES string of the molecule is COc1ccc([N+](=O)[O-])cc1NC(=O)CSc1nnnn1-c1ccc(Br)cc1. The monoisotopic (exact) mass is 464 g/mol. The zero-order valence-corrected chi connectivity index (χ0v) is 16.8. The molecule has 0 saturated heterocycles. The number of hydrogen-bond donors (Lipinski definition) is 1. The number of tetrazole rings is 1. The maximum absolute atomic E-state index is 12.3. The van der Waals surface area contributed by atoms with Gasteiger partial charge in [-0.3, -0.25) is 14.9 Å². The molecule has 0 atom stereocenters. The lowest BCUT2D eigenvalue weighted by atomic mass is 10.2. The molecular formula is C16H13BrN6O4S. The smallest absolute Gasteiger partial charge is 0.271 e. The van der Waals surface area contributed by atoms with Gasteiger partial charge in [0.1, 0.15) is 5.75 Å². The van der Waals surface area contributed by atoms with E-state index in [2.05, 4.69) is 36.8 Å². The van der Waals surface area contributed by atoms with Crippen molar-refractivity contribution in [2.45, 2.75) is 5.16 Å². The molecule has 1 amide bonds. The number of aromatic nitrogens is 4. The zero-order chi connectivity index (χ0) is 20.1. The van der Waals surface area contributed by atoms with Crippen molar-refractivity contribution in [3.05, 3.63) is 57.1 Å². The summed E-state index contributed by atoms with van der Waals surface area (Å²) >= 11 is 4.50. The Labute approximate surface area is 171 Å². The number of anilines is 1. The van der Waals surface area contributed by atoms with Crippen LogP contribution in [0.5, 0.6) is 5.75 Å². The summed E-state index contributed by atoms with van der Waals surface area (Å²) in [6, 6.07) is 11.3. The molecule has 12 heteroatoms. The molecule has 28 heavy (non-hydrogen) atoms. The molecule has 3 rings (SSSR count). The van der Waals surface area contributed by atoms with Gasteiger partial charge < -0.3 is 10.1 Å². The van der Waals surface area contributed by atoms with E-state index in [-0.39, 0.29) is 23.0 Å². The van der Waals surface area contributed by atoms with Gasteiger partial charge in [-0.15, -0.1) is 5.10 Å². The van der Waals surface area contributed by atoms with Gasteiger partial charge in [0.25, 0.3) is 5.69 Å². The normalized spacial score (nSPS) is 10.5. The lowest BCUT2D eigenvalue weighted by Crippen LogP contribution is -2.15. The molecule has 1 aromatic heterocycles. The van der Waals surface area contributed by atoms with Gasteiger partial charge in [0.05, 0.1) is 29.2 Å². The molecule has 1 heterocycles. The molecule has 0 radical (unpaired) electrons. The summed E-state index contributed by atoms with van der Waals surface area (Å²) in [6.07, 6.45) is 0. The molecule has 10 nitrogen and oxygen atoms in total. The Morgan fingerprint density at radius 3 is 2.75 bits per heavy atom. The van der Waals surface area contributed by atoms with Crippen molar-refractivity contribution in [1.29, 1.82) is 0 Å². The van der Waals surface area contributed by atoms with Gasteiger partial charge in [0.2, 0.25) is 11.1 Å². The maximum atomic E-state index is 12.3. The number of nitrogens with zero attached hydrogens (tertiary/aromatic N) is 5. The van der Waals surface area contributed by atoms with Crippen LogP contribution in [0.4, 0.5) is 11.4 Å². The van der Waals surface area contributed by atoms with E-state index in [1.54, 1.807) is 0 Å². The Balaban J connectivity index is 1.69. The fourth-order valence-electron chi connectivity index (χ4n) is 2.24. The summed E-state index contributed by atoms with van der Waals surface area (Å²) in [5, 5.41) is 25.5. The number of nitro benzene ring substituents is 1. The molecule has 0 aliphatic heterocycles. The van der Waals surface area contributed by atoms with Crippen LogP contribution >= 0.6 is 27.7 Å². The summed E-state index contributed by atoms with van der Waals surface area (Å²) in [6.45, 7) is 0. The highest BCUT2D eigenvalue weighted by atomic mass is 79.9. The van der Waals surface area contributed by atoms with Gasteiger partial charge >= 0.3 is 0 Å². The van der Waals surface area contributed by atoms with Crippen LogP contribution in [-0.2, 0) is 4.79 Å². The standard InChI is InChI=1S/C16H13BrN6O4S/c1-27-14-7-6-12(23(25)26)8-13(14)18-15(24)9-28-16-19-20-21-22(16)11-4-2-10(17)3-5-11/h2-8H,9H2,1H3,(H,18,24). The number of hydrogen-bond acceptors (Lipinski definition) is 8. The van der Waals surface area contributed by atoms with E-state index in [0.717, 1.165) is 21.9 Å². The number of non-ortho nitro benzene ring substituents is 1. The number of halogens is 1. The first-order valence-electron chi connectivity index (χ1n) is 7.77. The number of rotatable bonds is 7. The van der Waals surface area contributed by atoms with Crippen LogP contribution in [0, 0.1) is 10.1 Å². The summed E-state index contributed by atoms with van der Waals surface area (Å²) < 4.78 is 7.57. The first-order valence-corrected chi connectivity index (χ1v) is 9.55. The minimum Gasteiger partial charge on any atom is -0.495 e. The number of benzene rings is 2. The van der Waals surface area contributed by atoms with Gasteiger partial charge in [0, 0.05) is 16.6 Å². The molecule has 2 aromatic carbocycles. The van der Waals surface area contributed by atoms with Crippen molar-refractivity contribution in [3.8, 4) is 11.4 Å². The number of nitro groups is 1. The van der Waals surface area contributed by atoms with E-state index in [4.69, 9.17) is 4.74 Å². The highest BCUT2D eigenvalue weighted by molar-refractivity contribution is 9.10. The zero-order valence-electron chi connectivity index (χ0n) is 14.4. The number of carbonyl (C=O) groups excluding carboxylic acids is 1. The topological polar surface area (TPSA) is 125 Å². The number of ether oxygens (including phenoxy) is 1. The molecule has 0 spiro atoms. The Morgan fingerprint density at radius 2 is 2.07 bits per heavy atom. The van der Waals surface area contributed by atoms with Crippen LogP contribution < -0.4 is 10.1 Å². The fourth-order valence-corrected chi connectivity index (χ4v) is 3.19. The summed E-state index contributed by atoms with van der Waals surface area (Å²) in [4.78, 5) is 22.7. The molecule has 1 N–H and O–H groups in total. The van der Waals surface area contributed by atoms with Gasteiger partial charge in [-0.2, -0.15) is 4.68 Å². The van der Waals surface area contributed by atoms with Crippen molar-refractivity contribution >= 4 is 45.0 Å². The molecule has 0 aliphatic carbocycles. The number of amides is 1. The maximum Gasteiger partial charge on any atom is 0.271 e. The lowest BCUT2D eigenvalue weighted by molar-refractivity contribution is -0.384. The van der Waals surface area contributed by atoms with Crippen molar-refractivity contribution < 1.29 is 14.5 Å². The van der Waals surface area contributed by atoms with E-state index >= 15 is 0 Å². The molecule has 3 aromatic rings. The highest BCUT2D eigenvalue weighted by Gasteiger charge is 2.16. The summed E-state index contributed by atoms with van der Waals surface area (Å²) in [5.74, 6) is -0.0549. The molecule has 0 bridgehead atoms. The highest BCUT2D eigenvalue weighted by Crippen LogP contribution is 2.29. The van der Waals surface area contributed by atoms with Crippen LogP contribution in [0.15, 0.2) is 52.1 Å². The van der Waals surface area contributed by atoms with Gasteiger partial charge in [-0.25, -0.2) is 0 Å². The Bertz CT molecular complexity index is 1010. The number of methoxy groups -OCH3 is 1. The van der Waals surface area contributed by atoms with Crippen LogP contribution in [0.1, 0.15) is 0 Å². The minimum absolute atomic E-state index is 0.00273. The third kappa shape index (κ3) is 4.64. The minimum atomic E-state index is -0.545. The van der Waals surface area contributed by atoms with Gasteiger partial charge in [-0.05, 0) is 40.8 Å². The average Bonchev–Trinajstić information content (AvgIpc) is 3.15. The molecule has 0 fully saturated rings. The third-order valence-corrected chi connectivity index (χ3v) is 4.96. The van der Waals surface area contributed by atoms with Crippen LogP contribution in [0.2, 0.25) is 0 Å². The van der Waals surface area contributed by atoms with Gasteiger partial charge in [-0.1, -0.05) is 27.7 Å². The number of nitrogens with one attached hydrogen (secondary N) is 1. The molecule has 0 saturated carbocycles. The molecule has 0 aliphatic rings. The van der Waals surface area contributed by atoms with Crippen molar-refractivity contribution in [2.24, 2.45) is 0 Å². The van der Waals surface area contributed by atoms with E-state index in [1.165, 1.54) is 30.0 Å². The number of carbonyl (C=O) groups is 1. The quantitative estimate of drug-likeness (QED) is 0.321. The fraction of sp³-hybridized carbons (Fsp3) is 0.125. The molecule has 0 unspecified atom stereocenters. The predicted octanol–water partition coefficient (Wildman–Crippen LogP) is 3.07. The van der Waals surface area contributed by atoms with Crippen LogP contribution in [0.25, 0.3) is 5.69 Å². The van der Waals surface area contributed by atoms with Crippen molar-refractivity contribution in [3.63, 3.8) is 0 Å². The van der Waals surface area contributed by atoms with E-state index in [9.17, 15) is 14.9 Å². The van der Waals surface area contributed by atoms with Gasteiger partial charge in [0.15, 0.2) is 0 Å². The Kier molecular flexibility index (Phi) is 6.21. The van der Waals surface area contributed by atoms with E-state index in [0.29, 0.717) is 10.9 Å². The van der Waals surface area contributed by atoms with E-state index in [1.807, 2.05) is 24.3 Å². The average molecular weight is 465 g/mol. The second-order valence-corrected chi connectivity index (χ2v) is 7.19. The van der Waals surface area contributed by atoms with Crippen molar-refractivity contribution in [2.75, 3.05) is 18.2 Å². The largest absolute Gasteiger partial charge is 0.495 e. The van der Waals surface area contributed by atoms with E-state index < -0.39 is 4.92 Å².